The Balaban J connectivity index is 1.85. The van der Waals surface area contributed by atoms with Crippen molar-refractivity contribution < 1.29 is 9.59 Å². The standard InChI is InChI=1S/C17H17N5O2/c1-19-16(23)8-15-11-21(10-14-5-6-20-22(14)15)17(24)13-4-2-3-12(7-13)9-18/h2-7,15H,8,10-11H2,1H3,(H,19,23)/t15-/m1/s1. The number of rotatable bonds is 3. The maximum absolute atomic E-state index is 12.8. The van der Waals surface area contributed by atoms with E-state index >= 15 is 0 Å². The third-order valence-electron chi connectivity index (χ3n) is 4.11. The van der Waals surface area contributed by atoms with Crippen molar-refractivity contribution in [2.75, 3.05) is 13.6 Å². The van der Waals surface area contributed by atoms with E-state index in [9.17, 15) is 9.59 Å². The molecular formula is C17H17N5O2. The smallest absolute Gasteiger partial charge is 0.254 e. The molecule has 24 heavy (non-hydrogen) atoms. The summed E-state index contributed by atoms with van der Waals surface area (Å²) in [5.74, 6) is -0.247. The number of amides is 2. The van der Waals surface area contributed by atoms with Crippen molar-refractivity contribution in [3.8, 4) is 6.07 Å². The second-order valence-corrected chi connectivity index (χ2v) is 5.68. The fourth-order valence-electron chi connectivity index (χ4n) is 2.91. The normalized spacial score (nSPS) is 16.2. The molecule has 0 aliphatic carbocycles. The van der Waals surface area contributed by atoms with E-state index in [4.69, 9.17) is 5.26 Å². The summed E-state index contributed by atoms with van der Waals surface area (Å²) in [6, 6.07) is 10.3. The van der Waals surface area contributed by atoms with E-state index < -0.39 is 0 Å². The average Bonchev–Trinajstić information content (AvgIpc) is 3.09. The van der Waals surface area contributed by atoms with Gasteiger partial charge in [-0.1, -0.05) is 6.07 Å². The van der Waals surface area contributed by atoms with Crippen LogP contribution in [0.4, 0.5) is 0 Å². The molecule has 2 aromatic rings. The van der Waals surface area contributed by atoms with Crippen LogP contribution in [0.25, 0.3) is 0 Å². The Kier molecular flexibility index (Phi) is 4.29. The molecule has 1 aliphatic rings. The van der Waals surface area contributed by atoms with E-state index in [-0.39, 0.29) is 24.3 Å². The molecule has 2 heterocycles. The number of carbonyl (C=O) groups is 2. The van der Waals surface area contributed by atoms with Crippen molar-refractivity contribution in [3.63, 3.8) is 0 Å². The van der Waals surface area contributed by atoms with E-state index in [0.29, 0.717) is 24.2 Å². The minimum Gasteiger partial charge on any atom is -0.359 e. The Hall–Kier alpha value is -3.14. The lowest BCUT2D eigenvalue weighted by molar-refractivity contribution is -0.121. The van der Waals surface area contributed by atoms with Gasteiger partial charge in [0.05, 0.1) is 36.3 Å². The van der Waals surface area contributed by atoms with Gasteiger partial charge in [0.1, 0.15) is 0 Å². The highest BCUT2D eigenvalue weighted by molar-refractivity contribution is 5.94. The molecule has 0 bridgehead atoms. The van der Waals surface area contributed by atoms with Crippen LogP contribution in [0.5, 0.6) is 0 Å². The molecule has 1 N–H and O–H groups in total. The maximum atomic E-state index is 12.8. The summed E-state index contributed by atoms with van der Waals surface area (Å²) < 4.78 is 1.81. The molecule has 0 radical (unpaired) electrons. The Bertz CT molecular complexity index is 820. The number of benzene rings is 1. The van der Waals surface area contributed by atoms with Gasteiger partial charge >= 0.3 is 0 Å². The summed E-state index contributed by atoms with van der Waals surface area (Å²) in [6.07, 6.45) is 1.93. The largest absolute Gasteiger partial charge is 0.359 e. The zero-order chi connectivity index (χ0) is 17.1. The van der Waals surface area contributed by atoms with Crippen LogP contribution in [0.2, 0.25) is 0 Å². The van der Waals surface area contributed by atoms with Crippen molar-refractivity contribution in [1.82, 2.24) is 20.0 Å². The van der Waals surface area contributed by atoms with Crippen LogP contribution in [0.3, 0.4) is 0 Å². The molecule has 2 amide bonds. The summed E-state index contributed by atoms with van der Waals surface area (Å²) in [4.78, 5) is 26.2. The van der Waals surface area contributed by atoms with Crippen molar-refractivity contribution in [2.24, 2.45) is 0 Å². The number of aromatic nitrogens is 2. The number of hydrogen-bond donors (Lipinski definition) is 1. The van der Waals surface area contributed by atoms with Gasteiger partial charge in [0.2, 0.25) is 5.91 Å². The fraction of sp³-hybridized carbons (Fsp3) is 0.294. The lowest BCUT2D eigenvalue weighted by atomic mass is 10.1. The zero-order valence-electron chi connectivity index (χ0n) is 13.3. The van der Waals surface area contributed by atoms with Crippen LogP contribution in [-0.4, -0.2) is 40.1 Å². The third-order valence-corrected chi connectivity index (χ3v) is 4.11. The minimum absolute atomic E-state index is 0.0952. The molecule has 1 atom stereocenters. The molecule has 0 unspecified atom stereocenters. The molecule has 0 saturated carbocycles. The zero-order valence-corrected chi connectivity index (χ0v) is 13.3. The first kappa shape index (κ1) is 15.7. The molecule has 1 aliphatic heterocycles. The van der Waals surface area contributed by atoms with Crippen molar-refractivity contribution >= 4 is 11.8 Å². The van der Waals surface area contributed by atoms with Crippen LogP contribution in [0, 0.1) is 11.3 Å². The van der Waals surface area contributed by atoms with E-state index in [2.05, 4.69) is 10.4 Å². The quantitative estimate of drug-likeness (QED) is 0.915. The molecule has 0 fully saturated rings. The molecule has 0 spiro atoms. The lowest BCUT2D eigenvalue weighted by Crippen LogP contribution is -2.42. The van der Waals surface area contributed by atoms with Crippen LogP contribution in [0.15, 0.2) is 36.5 Å². The number of nitrogens with zero attached hydrogens (tertiary/aromatic N) is 4. The molecule has 7 heteroatoms. The van der Waals surface area contributed by atoms with Gasteiger partial charge in [0.25, 0.3) is 5.91 Å². The second-order valence-electron chi connectivity index (χ2n) is 5.68. The van der Waals surface area contributed by atoms with Gasteiger partial charge < -0.3 is 10.2 Å². The minimum atomic E-state index is -0.202. The summed E-state index contributed by atoms with van der Waals surface area (Å²) in [6.45, 7) is 0.831. The molecule has 0 saturated heterocycles. The number of nitriles is 1. The Morgan fingerprint density at radius 3 is 3.00 bits per heavy atom. The topological polar surface area (TPSA) is 91.0 Å². The highest BCUT2D eigenvalue weighted by atomic mass is 16.2. The SMILES string of the molecule is CNC(=O)C[C@@H]1CN(C(=O)c2cccc(C#N)c2)Cc2ccnn21. The van der Waals surface area contributed by atoms with Gasteiger partial charge in [-0.05, 0) is 24.3 Å². The van der Waals surface area contributed by atoms with E-state index in [1.54, 1.807) is 42.4 Å². The maximum Gasteiger partial charge on any atom is 0.254 e. The van der Waals surface area contributed by atoms with Crippen LogP contribution in [0.1, 0.15) is 34.1 Å². The van der Waals surface area contributed by atoms with Gasteiger partial charge in [-0.2, -0.15) is 10.4 Å². The summed E-state index contributed by atoms with van der Waals surface area (Å²) in [7, 11) is 1.59. The van der Waals surface area contributed by atoms with Crippen LogP contribution < -0.4 is 5.32 Å². The molecule has 1 aromatic carbocycles. The van der Waals surface area contributed by atoms with E-state index in [1.165, 1.54) is 0 Å². The summed E-state index contributed by atoms with van der Waals surface area (Å²) >= 11 is 0. The highest BCUT2D eigenvalue weighted by Crippen LogP contribution is 2.24. The van der Waals surface area contributed by atoms with Crippen molar-refractivity contribution in [1.29, 1.82) is 5.26 Å². The molecular weight excluding hydrogens is 306 g/mol. The van der Waals surface area contributed by atoms with Gasteiger partial charge in [0, 0.05) is 25.4 Å². The van der Waals surface area contributed by atoms with Gasteiger partial charge in [-0.15, -0.1) is 0 Å². The lowest BCUT2D eigenvalue weighted by Gasteiger charge is -2.33. The van der Waals surface area contributed by atoms with Gasteiger partial charge in [-0.3, -0.25) is 14.3 Å². The second kappa shape index (κ2) is 6.54. The van der Waals surface area contributed by atoms with Crippen LogP contribution >= 0.6 is 0 Å². The van der Waals surface area contributed by atoms with E-state index in [0.717, 1.165) is 5.69 Å². The first-order valence-corrected chi connectivity index (χ1v) is 7.64. The Labute approximate surface area is 139 Å². The monoisotopic (exact) mass is 323 g/mol. The summed E-state index contributed by atoms with van der Waals surface area (Å²) in [5, 5.41) is 15.9. The molecule has 7 nitrogen and oxygen atoms in total. The van der Waals surface area contributed by atoms with Gasteiger partial charge in [0.15, 0.2) is 0 Å². The number of carbonyl (C=O) groups excluding carboxylic acids is 2. The number of fused-ring (bicyclic) bond motifs is 1. The molecule has 3 rings (SSSR count). The van der Waals surface area contributed by atoms with Crippen LogP contribution in [-0.2, 0) is 11.3 Å². The van der Waals surface area contributed by atoms with Gasteiger partial charge in [-0.25, -0.2) is 0 Å². The summed E-state index contributed by atoms with van der Waals surface area (Å²) in [5.41, 5.74) is 1.81. The van der Waals surface area contributed by atoms with E-state index in [1.807, 2.05) is 16.8 Å². The Morgan fingerprint density at radius 1 is 1.42 bits per heavy atom. The van der Waals surface area contributed by atoms with Crippen molar-refractivity contribution in [2.45, 2.75) is 19.0 Å². The fourth-order valence-corrected chi connectivity index (χ4v) is 2.91. The number of hydrogen-bond acceptors (Lipinski definition) is 4. The number of nitrogens with one attached hydrogen (secondary N) is 1. The average molecular weight is 323 g/mol. The molecule has 122 valence electrons. The first-order valence-electron chi connectivity index (χ1n) is 7.64. The third kappa shape index (κ3) is 2.99. The predicted octanol–water partition coefficient (Wildman–Crippen LogP) is 1.09. The molecule has 1 aromatic heterocycles. The first-order chi connectivity index (χ1) is 11.6. The predicted molar refractivity (Wildman–Crippen MR) is 85.8 cm³/mol. The Morgan fingerprint density at radius 2 is 2.25 bits per heavy atom. The highest BCUT2D eigenvalue weighted by Gasteiger charge is 2.30. The van der Waals surface area contributed by atoms with Crippen molar-refractivity contribution in [3.05, 3.63) is 53.3 Å².